The first-order valence-electron chi connectivity index (χ1n) is 12.6. The Hall–Kier alpha value is -2.43. The van der Waals surface area contributed by atoms with Crippen LogP contribution in [0.1, 0.15) is 32.6 Å². The molecule has 0 aromatic rings. The lowest BCUT2D eigenvalue weighted by Crippen LogP contribution is -2.61. The molecule has 0 aromatic heterocycles. The summed E-state index contributed by atoms with van der Waals surface area (Å²) in [6.07, 6.45) is 7.95. The number of nitrogens with one attached hydrogen (secondary N) is 3. The summed E-state index contributed by atoms with van der Waals surface area (Å²) in [6, 6.07) is 0.592. The maximum absolute atomic E-state index is 12.0. The zero-order valence-electron chi connectivity index (χ0n) is 20.8. The number of methoxy groups -OCH3 is 1. The highest BCUT2D eigenvalue weighted by Crippen LogP contribution is 2.28. The highest BCUT2D eigenvalue weighted by Gasteiger charge is 2.32. The molecule has 2 fully saturated rings. The summed E-state index contributed by atoms with van der Waals surface area (Å²) in [6.45, 7) is 8.78. The molecule has 1 aliphatic carbocycles. The molecule has 3 heterocycles. The summed E-state index contributed by atoms with van der Waals surface area (Å²) < 4.78 is 5.79. The van der Waals surface area contributed by atoms with Gasteiger partial charge in [0.25, 0.3) is 5.91 Å². The molecule has 0 radical (unpaired) electrons. The van der Waals surface area contributed by atoms with E-state index in [0.717, 1.165) is 31.7 Å². The molecule has 4 aliphatic rings. The molecule has 7 N–H and O–H groups in total. The summed E-state index contributed by atoms with van der Waals surface area (Å²) in [5.74, 6) is 0.903. The second-order valence-corrected chi connectivity index (χ2v) is 9.81. The minimum Gasteiger partial charge on any atom is -0.495 e. The molecule has 0 spiro atoms. The van der Waals surface area contributed by atoms with Crippen LogP contribution in [-0.4, -0.2) is 98.3 Å². The largest absolute Gasteiger partial charge is 0.495 e. The average molecular weight is 475 g/mol. The number of carbonyl (C=O) groups is 1. The molecule has 3 aliphatic heterocycles. The second-order valence-electron chi connectivity index (χ2n) is 9.81. The number of likely N-dealkylation sites (tertiary alicyclic amines) is 1. The van der Waals surface area contributed by atoms with Gasteiger partial charge in [-0.2, -0.15) is 0 Å². The van der Waals surface area contributed by atoms with Crippen molar-refractivity contribution in [3.8, 4) is 0 Å². The molecule has 10 heteroatoms. The molecule has 190 valence electrons. The minimum atomic E-state index is -0.508. The molecule has 3 unspecified atom stereocenters. The van der Waals surface area contributed by atoms with E-state index in [2.05, 4.69) is 49.8 Å². The number of carbonyl (C=O) groups excluding carboxylic acids is 1. The molecule has 34 heavy (non-hydrogen) atoms. The zero-order valence-corrected chi connectivity index (χ0v) is 20.8. The van der Waals surface area contributed by atoms with Gasteiger partial charge in [-0.25, -0.2) is 0 Å². The van der Waals surface area contributed by atoms with Gasteiger partial charge < -0.3 is 42.0 Å². The Bertz CT molecular complexity index is 825. The number of ether oxygens (including phenoxy) is 1. The number of hydrogen-bond acceptors (Lipinski definition) is 9. The van der Waals surface area contributed by atoms with E-state index in [0.29, 0.717) is 17.6 Å². The number of hydrogen-bond donors (Lipinski definition) is 5. The van der Waals surface area contributed by atoms with Crippen molar-refractivity contribution in [2.24, 2.45) is 11.5 Å². The quantitative estimate of drug-likeness (QED) is 0.329. The monoisotopic (exact) mass is 474 g/mol. The minimum absolute atomic E-state index is 0.0365. The van der Waals surface area contributed by atoms with Crippen molar-refractivity contribution in [3.05, 3.63) is 35.1 Å². The Kier molecular flexibility index (Phi) is 7.90. The number of rotatable bonds is 7. The van der Waals surface area contributed by atoms with E-state index in [4.69, 9.17) is 16.2 Å². The first kappa shape index (κ1) is 24.7. The van der Waals surface area contributed by atoms with E-state index < -0.39 is 5.91 Å². The predicted molar refractivity (Wildman–Crippen MR) is 133 cm³/mol. The first-order chi connectivity index (χ1) is 16.4. The lowest BCUT2D eigenvalue weighted by molar-refractivity contribution is -0.115. The van der Waals surface area contributed by atoms with Gasteiger partial charge in [0, 0.05) is 45.3 Å². The third-order valence-corrected chi connectivity index (χ3v) is 7.59. The van der Waals surface area contributed by atoms with Crippen molar-refractivity contribution in [1.29, 1.82) is 0 Å². The number of piperidine rings is 1. The topological polar surface area (TPSA) is 124 Å². The fraction of sp³-hybridized carbons (Fsp3) is 0.708. The van der Waals surface area contributed by atoms with Crippen LogP contribution in [0.4, 0.5) is 0 Å². The average Bonchev–Trinajstić information content (AvgIpc) is 2.84. The van der Waals surface area contributed by atoms with E-state index in [1.807, 2.05) is 6.92 Å². The number of likely N-dealkylation sites (N-methyl/N-ethyl adjacent to an activating group) is 1. The number of primary amides is 1. The van der Waals surface area contributed by atoms with Crippen molar-refractivity contribution < 1.29 is 9.53 Å². The van der Waals surface area contributed by atoms with Gasteiger partial charge in [0.15, 0.2) is 0 Å². The summed E-state index contributed by atoms with van der Waals surface area (Å²) in [5, 5.41) is 9.80. The third kappa shape index (κ3) is 5.45. The van der Waals surface area contributed by atoms with E-state index in [-0.39, 0.29) is 18.2 Å². The van der Waals surface area contributed by atoms with Crippen molar-refractivity contribution in [2.45, 2.75) is 56.9 Å². The van der Waals surface area contributed by atoms with Crippen molar-refractivity contribution in [1.82, 2.24) is 30.7 Å². The number of amides is 1. The number of piperazine rings is 1. The van der Waals surface area contributed by atoms with Crippen LogP contribution in [0, 0.1) is 0 Å². The van der Waals surface area contributed by atoms with Crippen molar-refractivity contribution in [3.63, 3.8) is 0 Å². The van der Waals surface area contributed by atoms with Gasteiger partial charge in [-0.05, 0) is 38.8 Å². The third-order valence-electron chi connectivity index (χ3n) is 7.59. The molecule has 3 atom stereocenters. The van der Waals surface area contributed by atoms with Gasteiger partial charge in [0.05, 0.1) is 31.1 Å². The summed E-state index contributed by atoms with van der Waals surface area (Å²) in [4.78, 5) is 19.6. The number of nitrogens with zero attached hydrogens (tertiary/aromatic N) is 3. The molecular weight excluding hydrogens is 432 g/mol. The van der Waals surface area contributed by atoms with Crippen LogP contribution in [0.2, 0.25) is 0 Å². The van der Waals surface area contributed by atoms with Crippen LogP contribution < -0.4 is 27.4 Å². The Balaban J connectivity index is 1.37. The van der Waals surface area contributed by atoms with Crippen molar-refractivity contribution >= 4 is 5.91 Å². The smallest absolute Gasteiger partial charge is 0.268 e. The number of nitrogens with two attached hydrogens (primary N) is 2. The molecule has 0 saturated carbocycles. The van der Waals surface area contributed by atoms with Crippen LogP contribution in [0.15, 0.2) is 35.1 Å². The summed E-state index contributed by atoms with van der Waals surface area (Å²) >= 11 is 0. The van der Waals surface area contributed by atoms with Crippen LogP contribution in [0.25, 0.3) is 0 Å². The summed E-state index contributed by atoms with van der Waals surface area (Å²) in [5.41, 5.74) is 13.4. The van der Waals surface area contributed by atoms with Crippen LogP contribution in [0.3, 0.4) is 0 Å². The summed E-state index contributed by atoms with van der Waals surface area (Å²) in [7, 11) is 3.92. The lowest BCUT2D eigenvalue weighted by Gasteiger charge is -2.43. The Morgan fingerprint density at radius 2 is 1.88 bits per heavy atom. The molecular formula is C24H42N8O2. The van der Waals surface area contributed by atoms with Gasteiger partial charge >= 0.3 is 0 Å². The van der Waals surface area contributed by atoms with Crippen molar-refractivity contribution in [2.75, 3.05) is 53.4 Å². The molecule has 4 rings (SSSR count). The predicted octanol–water partition coefficient (Wildman–Crippen LogP) is -0.615. The van der Waals surface area contributed by atoms with Gasteiger partial charge in [0.2, 0.25) is 0 Å². The van der Waals surface area contributed by atoms with Crippen LogP contribution >= 0.6 is 0 Å². The Morgan fingerprint density at radius 3 is 2.50 bits per heavy atom. The van der Waals surface area contributed by atoms with E-state index in [9.17, 15) is 4.79 Å². The Labute approximate surface area is 203 Å². The van der Waals surface area contributed by atoms with E-state index in [1.165, 1.54) is 44.7 Å². The molecule has 1 amide bonds. The highest BCUT2D eigenvalue weighted by molar-refractivity contribution is 5.92. The zero-order chi connectivity index (χ0) is 24.2. The van der Waals surface area contributed by atoms with Gasteiger partial charge in [-0.3, -0.25) is 9.69 Å². The highest BCUT2D eigenvalue weighted by atomic mass is 16.5. The maximum Gasteiger partial charge on any atom is 0.268 e. The van der Waals surface area contributed by atoms with Gasteiger partial charge in [-0.15, -0.1) is 0 Å². The normalized spacial score (nSPS) is 29.6. The van der Waals surface area contributed by atoms with Crippen LogP contribution in [-0.2, 0) is 9.53 Å². The second kappa shape index (κ2) is 10.9. The van der Waals surface area contributed by atoms with Gasteiger partial charge in [0.1, 0.15) is 17.3 Å². The van der Waals surface area contributed by atoms with E-state index in [1.54, 1.807) is 7.11 Å². The molecule has 0 bridgehead atoms. The fourth-order valence-electron chi connectivity index (χ4n) is 5.43. The van der Waals surface area contributed by atoms with Gasteiger partial charge in [-0.1, -0.05) is 13.0 Å². The lowest BCUT2D eigenvalue weighted by atomic mass is 9.98. The first-order valence-corrected chi connectivity index (χ1v) is 12.6. The van der Waals surface area contributed by atoms with Crippen LogP contribution in [0.5, 0.6) is 0 Å². The maximum atomic E-state index is 12.0. The molecule has 10 nitrogen and oxygen atoms in total. The fourth-order valence-corrected chi connectivity index (χ4v) is 5.43. The molecule has 2 saturated heterocycles. The SMILES string of the molecule is CCC1NC(C(N)=O)=C(NC2C=C(OC)C(N3CCC(N4CCN(C)CC4)CC3)=CC2)NC1N. The standard InChI is InChI=1S/C24H42N8O2/c1-4-18-22(25)29-24(21(28-18)23(26)33)27-16-5-6-19(20(15-16)34-3)32-9-7-17(8-10-32)31-13-11-30(2)12-14-31/h6,15-18,22,27-29H,4-5,7-14,25H2,1-3H3,(H2,26,33). The Morgan fingerprint density at radius 1 is 1.18 bits per heavy atom. The van der Waals surface area contributed by atoms with E-state index >= 15 is 0 Å². The molecule has 0 aromatic carbocycles.